The number of benzene rings is 3. The van der Waals surface area contributed by atoms with Crippen LogP contribution in [-0.4, -0.2) is 28.9 Å². The second-order valence-electron chi connectivity index (χ2n) is 9.04. The van der Waals surface area contributed by atoms with Gasteiger partial charge in [0.15, 0.2) is 5.65 Å². The first-order valence-corrected chi connectivity index (χ1v) is 12.0. The Hall–Kier alpha value is -4.54. The van der Waals surface area contributed by atoms with E-state index in [0.717, 1.165) is 55.5 Å². The largest absolute Gasteiger partial charge is 0.507 e. The number of hydrogen-bond donors (Lipinski definition) is 1. The van der Waals surface area contributed by atoms with Crippen LogP contribution in [0.1, 0.15) is 0 Å². The zero-order chi connectivity index (χ0) is 24.5. The Morgan fingerprint density at radius 3 is 2.26 bits per heavy atom. The summed E-state index contributed by atoms with van der Waals surface area (Å²) < 4.78 is 4.32. The van der Waals surface area contributed by atoms with Gasteiger partial charge in [-0.1, -0.05) is 53.5 Å². The number of aromatic hydroxyl groups is 1. The Morgan fingerprint density at radius 2 is 1.37 bits per heavy atom. The summed E-state index contributed by atoms with van der Waals surface area (Å²) in [6, 6.07) is 35.3. The summed E-state index contributed by atoms with van der Waals surface area (Å²) in [6.45, 7) is 0. The van der Waals surface area contributed by atoms with Crippen molar-refractivity contribution < 1.29 is 26.2 Å². The standard InChI is InChI=1S/C31H18N5O.Pt/c37-28-16-4-2-8-20(28)24-12-6-11-23(33-24)19-10-5-15-27-22(19)18-29-35(27)26-14-3-1-9-21(26)30-34-25-13-7-17-32-31(25)36(29)30;/h1-17,37H;/q-1;. The maximum atomic E-state index is 10.4. The Morgan fingerprint density at radius 1 is 0.632 bits per heavy atom. The molecule has 0 aliphatic carbocycles. The average Bonchev–Trinajstić information content (AvgIpc) is 3.53. The fourth-order valence-corrected chi connectivity index (χ4v) is 5.33. The number of fused-ring (bicyclic) bond motifs is 10. The first-order valence-electron chi connectivity index (χ1n) is 12.0. The third kappa shape index (κ3) is 3.14. The molecular formula is C31H18N5OPt-. The Labute approximate surface area is 231 Å². The van der Waals surface area contributed by atoms with Crippen LogP contribution in [0.25, 0.3) is 66.8 Å². The van der Waals surface area contributed by atoms with Gasteiger partial charge in [-0.15, -0.1) is 12.1 Å². The number of pyridine rings is 2. The number of rotatable bonds is 2. The smallest absolute Gasteiger partial charge is 0.165 e. The molecule has 0 saturated heterocycles. The SMILES string of the molecule is Oc1ccccc1-c1cccc(-c2cccc3c2[c-]c2n3c3ccccc3c3nc4cccnc4n32)n1.[Pt]. The van der Waals surface area contributed by atoms with Gasteiger partial charge in [0.05, 0.1) is 11.3 Å². The van der Waals surface area contributed by atoms with Gasteiger partial charge in [0.2, 0.25) is 0 Å². The zero-order valence-electron chi connectivity index (χ0n) is 19.8. The van der Waals surface area contributed by atoms with Gasteiger partial charge in [0.25, 0.3) is 0 Å². The number of hydrogen-bond acceptors (Lipinski definition) is 4. The first kappa shape index (κ1) is 22.6. The van der Waals surface area contributed by atoms with Crippen molar-refractivity contribution in [3.63, 3.8) is 0 Å². The number of aromatic nitrogens is 5. The summed E-state index contributed by atoms with van der Waals surface area (Å²) >= 11 is 0. The van der Waals surface area contributed by atoms with Crippen molar-refractivity contribution in [2.45, 2.75) is 0 Å². The summed E-state index contributed by atoms with van der Waals surface area (Å²) in [5, 5.41) is 12.4. The summed E-state index contributed by atoms with van der Waals surface area (Å²) in [7, 11) is 0. The molecule has 8 rings (SSSR count). The molecule has 0 aliphatic rings. The van der Waals surface area contributed by atoms with E-state index in [-0.39, 0.29) is 26.8 Å². The maximum absolute atomic E-state index is 10.4. The summed E-state index contributed by atoms with van der Waals surface area (Å²) in [5.74, 6) is 0.208. The van der Waals surface area contributed by atoms with Crippen molar-refractivity contribution in [3.8, 4) is 28.3 Å². The molecule has 184 valence electrons. The molecular weight excluding hydrogens is 653 g/mol. The topological polar surface area (TPSA) is 67.7 Å². The number of nitrogens with zero attached hydrogens (tertiary/aromatic N) is 5. The summed E-state index contributed by atoms with van der Waals surface area (Å²) in [6.07, 6.45) is 1.80. The minimum absolute atomic E-state index is 0. The molecule has 38 heavy (non-hydrogen) atoms. The van der Waals surface area contributed by atoms with Gasteiger partial charge in [-0.25, -0.2) is 9.97 Å². The Bertz CT molecular complexity index is 2180. The maximum Gasteiger partial charge on any atom is 0.165 e. The molecule has 0 aliphatic heterocycles. The normalized spacial score (nSPS) is 11.6. The molecule has 0 bridgehead atoms. The van der Waals surface area contributed by atoms with E-state index in [1.54, 1.807) is 12.3 Å². The van der Waals surface area contributed by atoms with E-state index in [1.807, 2.05) is 60.7 Å². The van der Waals surface area contributed by atoms with Crippen molar-refractivity contribution in [2.75, 3.05) is 0 Å². The van der Waals surface area contributed by atoms with E-state index in [1.165, 1.54) is 0 Å². The van der Waals surface area contributed by atoms with Crippen molar-refractivity contribution in [2.24, 2.45) is 0 Å². The molecule has 0 spiro atoms. The number of para-hydroxylation sites is 2. The number of phenols is 1. The second kappa shape index (κ2) is 8.50. The fourth-order valence-electron chi connectivity index (χ4n) is 5.33. The van der Waals surface area contributed by atoms with Crippen LogP contribution >= 0.6 is 0 Å². The van der Waals surface area contributed by atoms with E-state index in [9.17, 15) is 5.11 Å². The van der Waals surface area contributed by atoms with Crippen LogP contribution < -0.4 is 0 Å². The van der Waals surface area contributed by atoms with Gasteiger partial charge in [-0.05, 0) is 48.5 Å². The van der Waals surface area contributed by atoms with Crippen molar-refractivity contribution in [3.05, 3.63) is 109 Å². The molecule has 7 heteroatoms. The molecule has 8 aromatic rings. The second-order valence-corrected chi connectivity index (χ2v) is 9.04. The molecule has 3 aromatic carbocycles. The molecule has 0 fully saturated rings. The van der Waals surface area contributed by atoms with E-state index in [4.69, 9.17) is 9.97 Å². The molecule has 0 atom stereocenters. The van der Waals surface area contributed by atoms with Crippen LogP contribution in [0.5, 0.6) is 5.75 Å². The Kier molecular flexibility index (Phi) is 5.07. The molecule has 0 amide bonds. The Balaban J connectivity index is 0.00000242. The average molecular weight is 672 g/mol. The van der Waals surface area contributed by atoms with E-state index < -0.39 is 0 Å². The quantitative estimate of drug-likeness (QED) is 0.209. The molecule has 0 saturated carbocycles. The molecule has 5 aromatic heterocycles. The minimum atomic E-state index is 0. The predicted molar refractivity (Wildman–Crippen MR) is 146 cm³/mol. The van der Waals surface area contributed by atoms with E-state index in [0.29, 0.717) is 11.3 Å². The first-order chi connectivity index (χ1) is 18.3. The van der Waals surface area contributed by atoms with E-state index >= 15 is 0 Å². The monoisotopic (exact) mass is 671 g/mol. The number of phenolic OH excluding ortho intramolecular Hbond substituents is 1. The van der Waals surface area contributed by atoms with Gasteiger partial charge in [0.1, 0.15) is 16.9 Å². The van der Waals surface area contributed by atoms with Crippen molar-refractivity contribution in [1.29, 1.82) is 0 Å². The molecule has 6 nitrogen and oxygen atoms in total. The van der Waals surface area contributed by atoms with Gasteiger partial charge in [0, 0.05) is 49.4 Å². The van der Waals surface area contributed by atoms with Crippen LogP contribution in [-0.2, 0) is 21.1 Å². The van der Waals surface area contributed by atoms with Crippen LogP contribution in [0.2, 0.25) is 0 Å². The predicted octanol–water partition coefficient (Wildman–Crippen LogP) is 6.67. The summed E-state index contributed by atoms with van der Waals surface area (Å²) in [4.78, 5) is 14.5. The van der Waals surface area contributed by atoms with Crippen LogP contribution in [0.3, 0.4) is 0 Å². The van der Waals surface area contributed by atoms with Gasteiger partial charge >= 0.3 is 0 Å². The van der Waals surface area contributed by atoms with Gasteiger partial charge < -0.3 is 9.51 Å². The van der Waals surface area contributed by atoms with Crippen LogP contribution in [0.4, 0.5) is 0 Å². The molecule has 1 N–H and O–H groups in total. The molecule has 0 radical (unpaired) electrons. The fraction of sp³-hybridized carbons (Fsp3) is 0. The zero-order valence-corrected chi connectivity index (χ0v) is 22.1. The van der Waals surface area contributed by atoms with E-state index in [2.05, 4.69) is 50.2 Å². The molecule has 5 heterocycles. The molecule has 0 unspecified atom stereocenters. The summed E-state index contributed by atoms with van der Waals surface area (Å²) in [5.41, 5.74) is 8.65. The van der Waals surface area contributed by atoms with Gasteiger partial charge in [-0.3, -0.25) is 9.38 Å². The number of imidazole rings is 1. The van der Waals surface area contributed by atoms with Crippen molar-refractivity contribution >= 4 is 44.3 Å². The van der Waals surface area contributed by atoms with Crippen LogP contribution in [0, 0.1) is 6.07 Å². The minimum Gasteiger partial charge on any atom is -0.507 e. The third-order valence-electron chi connectivity index (χ3n) is 6.95. The van der Waals surface area contributed by atoms with Crippen LogP contribution in [0.15, 0.2) is 103 Å². The van der Waals surface area contributed by atoms with Crippen molar-refractivity contribution in [1.82, 2.24) is 23.8 Å². The van der Waals surface area contributed by atoms with Gasteiger partial charge in [-0.2, -0.15) is 5.39 Å². The third-order valence-corrected chi connectivity index (χ3v) is 6.95.